The fourth-order valence-electron chi connectivity index (χ4n) is 2.72. The van der Waals surface area contributed by atoms with E-state index in [0.717, 1.165) is 5.56 Å². The molecule has 0 bridgehead atoms. The van der Waals surface area contributed by atoms with Gasteiger partial charge in [0.2, 0.25) is 0 Å². The zero-order valence-electron chi connectivity index (χ0n) is 13.9. The van der Waals surface area contributed by atoms with Gasteiger partial charge in [-0.3, -0.25) is 4.79 Å². The molecule has 1 heterocycles. The van der Waals surface area contributed by atoms with Crippen LogP contribution < -0.4 is 0 Å². The number of ether oxygens (including phenoxy) is 1. The molecule has 26 heavy (non-hydrogen) atoms. The number of allylic oxidation sites excluding steroid dienone is 2. The van der Waals surface area contributed by atoms with Gasteiger partial charge in [0.25, 0.3) is 0 Å². The average molecular weight is 366 g/mol. The van der Waals surface area contributed by atoms with E-state index < -0.39 is 43.1 Å². The third-order valence-corrected chi connectivity index (χ3v) is 4.25. The molecular formula is C18H22O8. The maximum Gasteiger partial charge on any atom is 0.335 e. The summed E-state index contributed by atoms with van der Waals surface area (Å²) in [6.45, 7) is -0.544. The molecule has 0 unspecified atom stereocenters. The lowest BCUT2D eigenvalue weighted by Crippen LogP contribution is -2.58. The number of rotatable bonds is 7. The third-order valence-electron chi connectivity index (χ3n) is 4.25. The van der Waals surface area contributed by atoms with Crippen molar-refractivity contribution in [2.24, 2.45) is 0 Å². The molecule has 0 radical (unpaired) electrons. The number of hydrogen-bond donors (Lipinski definition) is 5. The first-order valence-electron chi connectivity index (χ1n) is 8.15. The molecule has 0 saturated carbocycles. The van der Waals surface area contributed by atoms with Crippen molar-refractivity contribution in [1.29, 1.82) is 0 Å². The number of aliphatic hydroxyl groups excluding tert-OH is 4. The second-order valence-corrected chi connectivity index (χ2v) is 6.15. The molecule has 0 amide bonds. The lowest BCUT2D eigenvalue weighted by Gasteiger charge is -2.39. The fourth-order valence-corrected chi connectivity index (χ4v) is 2.72. The van der Waals surface area contributed by atoms with Gasteiger partial charge in [0.05, 0.1) is 18.3 Å². The first kappa shape index (κ1) is 20.2. The van der Waals surface area contributed by atoms with Crippen LogP contribution in [0.1, 0.15) is 22.3 Å². The van der Waals surface area contributed by atoms with Crippen molar-refractivity contribution in [3.8, 4) is 0 Å². The van der Waals surface area contributed by atoms with Crippen LogP contribution in [0.4, 0.5) is 0 Å². The van der Waals surface area contributed by atoms with Gasteiger partial charge in [-0.05, 0) is 30.2 Å². The highest BCUT2D eigenvalue weighted by Crippen LogP contribution is 2.23. The van der Waals surface area contributed by atoms with Crippen molar-refractivity contribution >= 4 is 11.8 Å². The summed E-state index contributed by atoms with van der Waals surface area (Å²) < 4.78 is 5.28. The number of carbonyl (C=O) groups is 2. The Morgan fingerprint density at radius 2 is 1.62 bits per heavy atom. The van der Waals surface area contributed by atoms with Gasteiger partial charge >= 0.3 is 5.97 Å². The van der Waals surface area contributed by atoms with Crippen LogP contribution in [0.15, 0.2) is 36.4 Å². The van der Waals surface area contributed by atoms with Crippen molar-refractivity contribution in [1.82, 2.24) is 0 Å². The summed E-state index contributed by atoms with van der Waals surface area (Å²) in [7, 11) is 0. The molecule has 1 fully saturated rings. The number of benzene rings is 1. The summed E-state index contributed by atoms with van der Waals surface area (Å²) >= 11 is 0. The molecule has 1 aromatic rings. The minimum Gasteiger partial charge on any atom is -0.478 e. The van der Waals surface area contributed by atoms with E-state index in [9.17, 15) is 24.9 Å². The summed E-state index contributed by atoms with van der Waals surface area (Å²) in [4.78, 5) is 22.8. The van der Waals surface area contributed by atoms with Gasteiger partial charge in [-0.15, -0.1) is 0 Å². The lowest BCUT2D eigenvalue weighted by atomic mass is 9.92. The second-order valence-electron chi connectivity index (χ2n) is 6.15. The quantitative estimate of drug-likeness (QED) is 0.398. The summed E-state index contributed by atoms with van der Waals surface area (Å²) in [6.07, 6.45) is -3.35. The van der Waals surface area contributed by atoms with Crippen molar-refractivity contribution in [2.75, 3.05) is 6.61 Å². The van der Waals surface area contributed by atoms with E-state index in [-0.39, 0.29) is 17.8 Å². The van der Waals surface area contributed by atoms with E-state index in [0.29, 0.717) is 6.42 Å². The minimum atomic E-state index is -1.50. The first-order chi connectivity index (χ1) is 12.3. The molecule has 0 spiro atoms. The molecule has 1 aliphatic heterocycles. The Balaban J connectivity index is 1.89. The smallest absolute Gasteiger partial charge is 0.335 e. The number of carboxylic acids is 1. The molecule has 1 aliphatic rings. The largest absolute Gasteiger partial charge is 0.478 e. The maximum absolute atomic E-state index is 12.0. The SMILES string of the molecule is O=C(/C=C/Cc1ccc(C(=O)O)cc1)C[C@@H]1O[C@H](CO)[C@H](O)[C@H](O)[C@H]1O. The molecule has 8 nitrogen and oxygen atoms in total. The molecule has 5 atom stereocenters. The predicted molar refractivity (Wildman–Crippen MR) is 89.6 cm³/mol. The molecule has 8 heteroatoms. The van der Waals surface area contributed by atoms with Crippen molar-refractivity contribution in [3.63, 3.8) is 0 Å². The van der Waals surface area contributed by atoms with Crippen molar-refractivity contribution < 1.29 is 39.9 Å². The summed E-state index contributed by atoms with van der Waals surface area (Å²) in [5, 5.41) is 47.3. The van der Waals surface area contributed by atoms with Crippen LogP contribution in [0.3, 0.4) is 0 Å². The molecule has 0 aromatic heterocycles. The van der Waals surface area contributed by atoms with E-state index in [2.05, 4.69) is 0 Å². The zero-order chi connectivity index (χ0) is 19.3. The van der Waals surface area contributed by atoms with E-state index >= 15 is 0 Å². The van der Waals surface area contributed by atoms with E-state index in [4.69, 9.17) is 14.9 Å². The standard InChI is InChI=1S/C18H22O8/c19-9-14-16(22)17(23)15(21)13(26-14)8-12(20)3-1-2-10-4-6-11(7-5-10)18(24)25/h1,3-7,13-17,19,21-23H,2,8-9H2,(H,24,25)/b3-1+/t13-,14+,15-,16-,17+/m0/s1. The number of carbonyl (C=O) groups excluding carboxylic acids is 1. The Kier molecular flexibility index (Phi) is 7.01. The molecule has 5 N–H and O–H groups in total. The predicted octanol–water partition coefficient (Wildman–Crippen LogP) is -0.715. The van der Waals surface area contributed by atoms with Gasteiger partial charge in [0.15, 0.2) is 5.78 Å². The molecule has 2 rings (SSSR count). The summed E-state index contributed by atoms with van der Waals surface area (Å²) in [5.41, 5.74) is 1.00. The zero-order valence-corrected chi connectivity index (χ0v) is 13.9. The third kappa shape index (κ3) is 4.96. The van der Waals surface area contributed by atoms with Crippen LogP contribution in [-0.4, -0.2) is 74.4 Å². The van der Waals surface area contributed by atoms with Crippen LogP contribution in [0.2, 0.25) is 0 Å². The van der Waals surface area contributed by atoms with E-state index in [1.54, 1.807) is 18.2 Å². The molecule has 1 aromatic carbocycles. The Bertz CT molecular complexity index is 652. The van der Waals surface area contributed by atoms with Gasteiger partial charge in [-0.25, -0.2) is 4.79 Å². The van der Waals surface area contributed by atoms with E-state index in [1.165, 1.54) is 18.2 Å². The highest BCUT2D eigenvalue weighted by atomic mass is 16.5. The Labute approximate surface area is 150 Å². The topological polar surface area (TPSA) is 145 Å². The summed E-state index contributed by atoms with van der Waals surface area (Å²) in [5.74, 6) is -1.36. The average Bonchev–Trinajstić information content (AvgIpc) is 2.62. The molecule has 0 aliphatic carbocycles. The Morgan fingerprint density at radius 1 is 1.00 bits per heavy atom. The molecule has 1 saturated heterocycles. The number of ketones is 1. The minimum absolute atomic E-state index is 0.177. The van der Waals surface area contributed by atoms with Gasteiger partial charge in [0, 0.05) is 6.42 Å². The summed E-state index contributed by atoms with van der Waals surface area (Å²) in [6, 6.07) is 6.24. The number of hydrogen-bond acceptors (Lipinski definition) is 7. The first-order valence-corrected chi connectivity index (χ1v) is 8.15. The van der Waals surface area contributed by atoms with Crippen LogP contribution in [0.25, 0.3) is 0 Å². The van der Waals surface area contributed by atoms with Gasteiger partial charge in [0.1, 0.15) is 24.4 Å². The van der Waals surface area contributed by atoms with Crippen molar-refractivity contribution in [2.45, 2.75) is 43.4 Å². The lowest BCUT2D eigenvalue weighted by molar-refractivity contribution is -0.229. The second kappa shape index (κ2) is 9.02. The molecular weight excluding hydrogens is 344 g/mol. The van der Waals surface area contributed by atoms with Crippen LogP contribution in [0, 0.1) is 0 Å². The number of aliphatic hydroxyl groups is 4. The van der Waals surface area contributed by atoms with E-state index in [1.807, 2.05) is 0 Å². The highest BCUT2D eigenvalue weighted by molar-refractivity contribution is 5.90. The van der Waals surface area contributed by atoms with Gasteiger partial charge < -0.3 is 30.3 Å². The number of carboxylic acid groups (broad SMARTS) is 1. The molecule has 142 valence electrons. The Morgan fingerprint density at radius 3 is 2.19 bits per heavy atom. The number of aromatic carboxylic acids is 1. The van der Waals surface area contributed by atoms with Crippen molar-refractivity contribution in [3.05, 3.63) is 47.5 Å². The fraction of sp³-hybridized carbons (Fsp3) is 0.444. The monoisotopic (exact) mass is 366 g/mol. The Hall–Kier alpha value is -2.10. The van der Waals surface area contributed by atoms with Crippen LogP contribution in [-0.2, 0) is 16.0 Å². The highest BCUT2D eigenvalue weighted by Gasteiger charge is 2.43. The van der Waals surface area contributed by atoms with Gasteiger partial charge in [-0.2, -0.15) is 0 Å². The van der Waals surface area contributed by atoms with Crippen LogP contribution >= 0.6 is 0 Å². The van der Waals surface area contributed by atoms with Crippen LogP contribution in [0.5, 0.6) is 0 Å². The maximum atomic E-state index is 12.0. The normalized spacial score (nSPS) is 29.0. The van der Waals surface area contributed by atoms with Gasteiger partial charge in [-0.1, -0.05) is 18.2 Å².